The van der Waals surface area contributed by atoms with E-state index in [1.54, 1.807) is 6.07 Å². The smallest absolute Gasteiger partial charge is 0.241 e. The van der Waals surface area contributed by atoms with Crippen LogP contribution >= 0.6 is 0 Å². The van der Waals surface area contributed by atoms with Crippen LogP contribution in [0.5, 0.6) is 0 Å². The first kappa shape index (κ1) is 13.6. The summed E-state index contributed by atoms with van der Waals surface area (Å²) in [6.45, 7) is 5.12. The molecule has 3 unspecified atom stereocenters. The zero-order valence-electron chi connectivity index (χ0n) is 11.9. The number of hydrogen-bond acceptors (Lipinski definition) is 5. The first-order valence-corrected chi connectivity index (χ1v) is 7.06. The molecule has 0 aromatic carbocycles. The Morgan fingerprint density at radius 2 is 2.40 bits per heavy atom. The third-order valence-electron chi connectivity index (χ3n) is 4.98. The molecule has 1 aromatic rings. The Bertz CT molecular complexity index is 500. The minimum absolute atomic E-state index is 0.0825. The zero-order valence-corrected chi connectivity index (χ0v) is 11.9. The van der Waals surface area contributed by atoms with E-state index < -0.39 is 5.54 Å². The predicted molar refractivity (Wildman–Crippen MR) is 71.5 cm³/mol. The second kappa shape index (κ2) is 4.56. The number of carbonyl (C=O) groups excluding carboxylic acids is 1. The SMILES string of the molecule is CC1(C)C2OCCCC2C1(N)C(=O)NCc1ccon1. The Morgan fingerprint density at radius 3 is 3.10 bits per heavy atom. The fraction of sp³-hybridized carbons (Fsp3) is 0.714. The number of amides is 1. The van der Waals surface area contributed by atoms with E-state index in [1.807, 2.05) is 13.8 Å². The summed E-state index contributed by atoms with van der Waals surface area (Å²) in [6, 6.07) is 1.72. The van der Waals surface area contributed by atoms with Gasteiger partial charge in [-0.1, -0.05) is 19.0 Å². The molecular weight excluding hydrogens is 258 g/mol. The van der Waals surface area contributed by atoms with Crippen LogP contribution in [0.25, 0.3) is 0 Å². The minimum Gasteiger partial charge on any atom is -0.377 e. The molecule has 1 aliphatic carbocycles. The molecule has 1 saturated heterocycles. The Hall–Kier alpha value is -1.40. The van der Waals surface area contributed by atoms with Gasteiger partial charge in [-0.25, -0.2) is 0 Å². The van der Waals surface area contributed by atoms with Gasteiger partial charge in [0.2, 0.25) is 5.91 Å². The molecule has 2 fully saturated rings. The molecule has 110 valence electrons. The van der Waals surface area contributed by atoms with Crippen LogP contribution in [-0.4, -0.2) is 29.3 Å². The molecule has 1 saturated carbocycles. The van der Waals surface area contributed by atoms with Crippen LogP contribution in [0.4, 0.5) is 0 Å². The van der Waals surface area contributed by atoms with Crippen molar-refractivity contribution in [2.45, 2.75) is 44.9 Å². The van der Waals surface area contributed by atoms with Crippen LogP contribution in [0, 0.1) is 11.3 Å². The third kappa shape index (κ3) is 1.71. The number of ether oxygens (including phenoxy) is 1. The number of aromatic nitrogens is 1. The number of rotatable bonds is 3. The molecule has 20 heavy (non-hydrogen) atoms. The van der Waals surface area contributed by atoms with E-state index in [-0.39, 0.29) is 23.3 Å². The van der Waals surface area contributed by atoms with Crippen LogP contribution in [0.3, 0.4) is 0 Å². The zero-order chi connectivity index (χ0) is 14.4. The lowest BCUT2D eigenvalue weighted by Crippen LogP contribution is -2.82. The van der Waals surface area contributed by atoms with Crippen LogP contribution in [0.2, 0.25) is 0 Å². The third-order valence-corrected chi connectivity index (χ3v) is 4.98. The van der Waals surface area contributed by atoms with Gasteiger partial charge in [0.1, 0.15) is 17.5 Å². The number of nitrogens with zero attached hydrogens (tertiary/aromatic N) is 1. The number of nitrogens with one attached hydrogen (secondary N) is 1. The molecule has 3 N–H and O–H groups in total. The monoisotopic (exact) mass is 279 g/mol. The van der Waals surface area contributed by atoms with Crippen LogP contribution in [-0.2, 0) is 16.1 Å². The molecule has 3 atom stereocenters. The van der Waals surface area contributed by atoms with E-state index >= 15 is 0 Å². The number of fused-ring (bicyclic) bond motifs is 1. The maximum atomic E-state index is 12.6. The maximum absolute atomic E-state index is 12.6. The molecule has 0 bridgehead atoms. The van der Waals surface area contributed by atoms with Gasteiger partial charge in [-0.05, 0) is 12.8 Å². The van der Waals surface area contributed by atoms with Crippen molar-refractivity contribution in [3.63, 3.8) is 0 Å². The molecule has 6 heteroatoms. The van der Waals surface area contributed by atoms with Gasteiger partial charge in [0.15, 0.2) is 0 Å². The Balaban J connectivity index is 1.72. The van der Waals surface area contributed by atoms with Crippen molar-refractivity contribution in [3.05, 3.63) is 18.0 Å². The van der Waals surface area contributed by atoms with Crippen molar-refractivity contribution in [1.29, 1.82) is 0 Å². The molecule has 1 amide bonds. The van der Waals surface area contributed by atoms with Gasteiger partial charge in [-0.15, -0.1) is 0 Å². The lowest BCUT2D eigenvalue weighted by molar-refractivity contribution is -0.225. The first-order valence-electron chi connectivity index (χ1n) is 7.06. The van der Waals surface area contributed by atoms with Crippen molar-refractivity contribution in [2.24, 2.45) is 17.1 Å². The number of nitrogens with two attached hydrogens (primary N) is 1. The molecule has 0 radical (unpaired) electrons. The highest BCUT2D eigenvalue weighted by molar-refractivity contribution is 5.89. The standard InChI is InChI=1S/C14H21N3O3/c1-13(2)11-10(4-3-6-19-11)14(13,15)12(18)16-8-9-5-7-20-17-9/h5,7,10-11H,3-4,6,8,15H2,1-2H3,(H,16,18). The summed E-state index contributed by atoms with van der Waals surface area (Å²) in [7, 11) is 0. The summed E-state index contributed by atoms with van der Waals surface area (Å²) in [5.41, 5.74) is 5.94. The van der Waals surface area contributed by atoms with E-state index in [2.05, 4.69) is 10.5 Å². The summed E-state index contributed by atoms with van der Waals surface area (Å²) in [6.07, 6.45) is 3.48. The number of carbonyl (C=O) groups is 1. The first-order chi connectivity index (χ1) is 9.48. The van der Waals surface area contributed by atoms with Crippen LogP contribution < -0.4 is 11.1 Å². The Kier molecular flexibility index (Phi) is 3.10. The Labute approximate surface area is 118 Å². The van der Waals surface area contributed by atoms with Gasteiger partial charge < -0.3 is 20.3 Å². The highest BCUT2D eigenvalue weighted by Crippen LogP contribution is 2.57. The van der Waals surface area contributed by atoms with Gasteiger partial charge in [-0.3, -0.25) is 4.79 Å². The fourth-order valence-corrected chi connectivity index (χ4v) is 3.68. The average molecular weight is 279 g/mol. The molecule has 2 aliphatic rings. The van der Waals surface area contributed by atoms with Gasteiger partial charge >= 0.3 is 0 Å². The summed E-state index contributed by atoms with van der Waals surface area (Å²) >= 11 is 0. The van der Waals surface area contributed by atoms with Gasteiger partial charge in [0, 0.05) is 24.0 Å². The average Bonchev–Trinajstić information content (AvgIpc) is 2.97. The van der Waals surface area contributed by atoms with Crippen LogP contribution in [0.1, 0.15) is 32.4 Å². The quantitative estimate of drug-likeness (QED) is 0.855. The second-order valence-electron chi connectivity index (χ2n) is 6.30. The minimum atomic E-state index is -0.873. The van der Waals surface area contributed by atoms with Crippen molar-refractivity contribution < 1.29 is 14.1 Å². The summed E-state index contributed by atoms with van der Waals surface area (Å²) < 4.78 is 10.5. The molecule has 2 heterocycles. The van der Waals surface area contributed by atoms with Crippen molar-refractivity contribution in [3.8, 4) is 0 Å². The second-order valence-corrected chi connectivity index (χ2v) is 6.30. The molecular formula is C14H21N3O3. The molecule has 3 rings (SSSR count). The van der Waals surface area contributed by atoms with E-state index in [0.717, 1.165) is 19.4 Å². The fourth-order valence-electron chi connectivity index (χ4n) is 3.68. The van der Waals surface area contributed by atoms with Gasteiger partial charge in [0.25, 0.3) is 0 Å². The summed E-state index contributed by atoms with van der Waals surface area (Å²) in [5.74, 6) is -0.0270. The van der Waals surface area contributed by atoms with E-state index in [1.165, 1.54) is 6.26 Å². The van der Waals surface area contributed by atoms with Crippen molar-refractivity contribution in [2.75, 3.05) is 6.61 Å². The molecule has 6 nitrogen and oxygen atoms in total. The topological polar surface area (TPSA) is 90.4 Å². The maximum Gasteiger partial charge on any atom is 0.241 e. The largest absolute Gasteiger partial charge is 0.377 e. The van der Waals surface area contributed by atoms with Crippen molar-refractivity contribution >= 4 is 5.91 Å². The van der Waals surface area contributed by atoms with E-state index in [0.29, 0.717) is 12.2 Å². The van der Waals surface area contributed by atoms with E-state index in [4.69, 9.17) is 15.0 Å². The van der Waals surface area contributed by atoms with Gasteiger partial charge in [-0.2, -0.15) is 0 Å². The van der Waals surface area contributed by atoms with Gasteiger partial charge in [0.05, 0.1) is 12.6 Å². The Morgan fingerprint density at radius 1 is 1.60 bits per heavy atom. The molecule has 1 aliphatic heterocycles. The predicted octanol–water partition coefficient (Wildman–Crippen LogP) is 0.823. The van der Waals surface area contributed by atoms with Crippen LogP contribution in [0.15, 0.2) is 16.9 Å². The molecule has 1 aromatic heterocycles. The summed E-state index contributed by atoms with van der Waals surface area (Å²) in [5, 5.41) is 6.65. The highest BCUT2D eigenvalue weighted by Gasteiger charge is 2.70. The summed E-state index contributed by atoms with van der Waals surface area (Å²) in [4.78, 5) is 12.6. The lowest BCUT2D eigenvalue weighted by Gasteiger charge is -2.65. The normalized spacial score (nSPS) is 35.0. The molecule has 0 spiro atoms. The number of hydrogen-bond donors (Lipinski definition) is 2. The highest BCUT2D eigenvalue weighted by atomic mass is 16.5. The van der Waals surface area contributed by atoms with Crippen molar-refractivity contribution in [1.82, 2.24) is 10.5 Å². The lowest BCUT2D eigenvalue weighted by atomic mass is 9.46. The van der Waals surface area contributed by atoms with E-state index in [9.17, 15) is 4.79 Å².